The third-order valence-corrected chi connectivity index (χ3v) is 7.30. The van der Waals surface area contributed by atoms with E-state index in [4.69, 9.17) is 17.0 Å². The van der Waals surface area contributed by atoms with Crippen LogP contribution >= 0.6 is 12.2 Å². The van der Waals surface area contributed by atoms with Gasteiger partial charge in [0.1, 0.15) is 0 Å². The van der Waals surface area contributed by atoms with Gasteiger partial charge in [0.25, 0.3) is 0 Å². The van der Waals surface area contributed by atoms with Crippen LogP contribution in [0.1, 0.15) is 83.3 Å². The van der Waals surface area contributed by atoms with Crippen LogP contribution in [0.3, 0.4) is 0 Å². The molecule has 1 aromatic carbocycles. The Labute approximate surface area is 202 Å². The van der Waals surface area contributed by atoms with Crippen LogP contribution in [0.5, 0.6) is 0 Å². The van der Waals surface area contributed by atoms with Crippen molar-refractivity contribution in [2.24, 2.45) is 0 Å². The number of hydrogen-bond acceptors (Lipinski definition) is 3. The highest BCUT2D eigenvalue weighted by atomic mass is 32.1. The second-order valence-electron chi connectivity index (χ2n) is 10.7. The molecule has 1 saturated heterocycles. The molecule has 0 atom stereocenters. The first-order chi connectivity index (χ1) is 15.4. The highest BCUT2D eigenvalue weighted by Gasteiger charge is 2.18. The number of nitrogens with zero attached hydrogens (tertiary/aromatic N) is 2. The topological polar surface area (TPSA) is 27.7 Å². The molecule has 180 valence electrons. The molecule has 0 radical (unpaired) electrons. The highest BCUT2D eigenvalue weighted by Crippen LogP contribution is 2.23. The molecule has 1 heterocycles. The van der Waals surface area contributed by atoms with Crippen molar-refractivity contribution in [3.8, 4) is 0 Å². The molecule has 0 bridgehead atoms. The summed E-state index contributed by atoms with van der Waals surface area (Å²) in [5.41, 5.74) is 2.91. The molecule has 32 heavy (non-hydrogen) atoms. The summed E-state index contributed by atoms with van der Waals surface area (Å²) in [6, 6.07) is 9.67. The Bertz CT molecular complexity index is 671. The summed E-state index contributed by atoms with van der Waals surface area (Å²) in [7, 11) is 0. The monoisotopic (exact) mass is 459 g/mol. The van der Waals surface area contributed by atoms with E-state index in [2.05, 4.69) is 60.2 Å². The van der Waals surface area contributed by atoms with Crippen molar-refractivity contribution in [2.45, 2.75) is 90.1 Å². The van der Waals surface area contributed by atoms with Crippen molar-refractivity contribution in [1.29, 1.82) is 0 Å². The zero-order valence-electron chi connectivity index (χ0n) is 20.7. The van der Waals surface area contributed by atoms with Gasteiger partial charge in [0, 0.05) is 38.8 Å². The molecule has 3 rings (SSSR count). The minimum Gasteiger partial charge on any atom is -0.379 e. The average Bonchev–Trinajstić information content (AvgIpc) is 2.75. The zero-order valence-corrected chi connectivity index (χ0v) is 21.5. The van der Waals surface area contributed by atoms with Crippen LogP contribution < -0.4 is 5.32 Å². The first kappa shape index (κ1) is 25.5. The van der Waals surface area contributed by atoms with Gasteiger partial charge in [0.2, 0.25) is 0 Å². The Morgan fingerprint density at radius 1 is 1.03 bits per heavy atom. The zero-order chi connectivity index (χ0) is 22.8. The molecule has 0 unspecified atom stereocenters. The van der Waals surface area contributed by atoms with Crippen molar-refractivity contribution in [3.63, 3.8) is 0 Å². The van der Waals surface area contributed by atoms with E-state index in [1.165, 1.54) is 56.1 Å². The van der Waals surface area contributed by atoms with E-state index in [1.807, 2.05) is 0 Å². The summed E-state index contributed by atoms with van der Waals surface area (Å²) in [5, 5.41) is 4.70. The van der Waals surface area contributed by atoms with E-state index < -0.39 is 0 Å². The van der Waals surface area contributed by atoms with Crippen LogP contribution in [-0.4, -0.2) is 60.3 Å². The van der Waals surface area contributed by atoms with E-state index in [9.17, 15) is 0 Å². The van der Waals surface area contributed by atoms with Gasteiger partial charge in [-0.15, -0.1) is 0 Å². The third kappa shape index (κ3) is 8.64. The predicted octanol–water partition coefficient (Wildman–Crippen LogP) is 5.50. The minimum atomic E-state index is 0.186. The molecule has 0 spiro atoms. The quantitative estimate of drug-likeness (QED) is 0.544. The lowest BCUT2D eigenvalue weighted by Crippen LogP contribution is -2.45. The number of hydrogen-bond donors (Lipinski definition) is 1. The van der Waals surface area contributed by atoms with Crippen LogP contribution in [-0.2, 0) is 16.7 Å². The summed E-state index contributed by atoms with van der Waals surface area (Å²) < 4.78 is 5.50. The SMILES string of the molecule is CC(C)(C)c1ccc(CN(CCCN2CCOCC2)C(=S)NC2CCCCCCC2)cc1. The fourth-order valence-corrected chi connectivity index (χ4v) is 5.08. The molecular formula is C27H45N3OS. The maximum Gasteiger partial charge on any atom is 0.169 e. The van der Waals surface area contributed by atoms with E-state index in [0.29, 0.717) is 6.04 Å². The molecule has 2 aliphatic rings. The Hall–Kier alpha value is -1.17. The lowest BCUT2D eigenvalue weighted by molar-refractivity contribution is 0.0367. The molecule has 0 aromatic heterocycles. The summed E-state index contributed by atoms with van der Waals surface area (Å²) >= 11 is 5.97. The minimum absolute atomic E-state index is 0.186. The Kier molecular flexibility index (Phi) is 10.3. The van der Waals surface area contributed by atoms with Gasteiger partial charge in [-0.25, -0.2) is 0 Å². The number of thiocarbonyl (C=S) groups is 1. The smallest absolute Gasteiger partial charge is 0.169 e. The Morgan fingerprint density at radius 3 is 2.28 bits per heavy atom. The second kappa shape index (κ2) is 12.9. The molecular weight excluding hydrogens is 414 g/mol. The standard InChI is InChI=1S/C27H45N3OS/c1-27(2,3)24-14-12-23(13-15-24)22-30(17-9-16-29-18-20-31-21-19-29)26(32)28-25-10-7-5-4-6-8-11-25/h12-15,25H,4-11,16-22H2,1-3H3,(H,28,32). The van der Waals surface area contributed by atoms with Crippen molar-refractivity contribution < 1.29 is 4.74 Å². The normalized spacial score (nSPS) is 19.2. The lowest BCUT2D eigenvalue weighted by atomic mass is 9.87. The van der Waals surface area contributed by atoms with Crippen LogP contribution in [0.15, 0.2) is 24.3 Å². The van der Waals surface area contributed by atoms with E-state index in [1.54, 1.807) is 0 Å². The summed E-state index contributed by atoms with van der Waals surface area (Å²) in [5.74, 6) is 0. The number of rotatable bonds is 7. The fourth-order valence-electron chi connectivity index (χ4n) is 4.76. The first-order valence-corrected chi connectivity index (χ1v) is 13.3. The van der Waals surface area contributed by atoms with Gasteiger partial charge in [0.15, 0.2) is 5.11 Å². The lowest BCUT2D eigenvalue weighted by Gasteiger charge is -2.32. The Balaban J connectivity index is 1.60. The molecule has 1 saturated carbocycles. The fraction of sp³-hybridized carbons (Fsp3) is 0.741. The number of nitrogens with one attached hydrogen (secondary N) is 1. The van der Waals surface area contributed by atoms with Gasteiger partial charge in [-0.05, 0) is 48.0 Å². The maximum absolute atomic E-state index is 5.97. The van der Waals surface area contributed by atoms with Crippen LogP contribution in [0.2, 0.25) is 0 Å². The molecule has 4 nitrogen and oxygen atoms in total. The molecule has 2 fully saturated rings. The van der Waals surface area contributed by atoms with Gasteiger partial charge >= 0.3 is 0 Å². The average molecular weight is 460 g/mol. The van der Waals surface area contributed by atoms with Crippen molar-refractivity contribution >= 4 is 17.3 Å². The Morgan fingerprint density at radius 2 is 1.66 bits per heavy atom. The molecule has 1 aromatic rings. The van der Waals surface area contributed by atoms with Gasteiger partial charge < -0.3 is 15.0 Å². The number of benzene rings is 1. The molecule has 1 N–H and O–H groups in total. The first-order valence-electron chi connectivity index (χ1n) is 12.9. The third-order valence-electron chi connectivity index (χ3n) is 6.92. The number of morpholine rings is 1. The van der Waals surface area contributed by atoms with Gasteiger partial charge in [-0.1, -0.05) is 77.1 Å². The summed E-state index contributed by atoms with van der Waals surface area (Å²) in [6.45, 7) is 13.7. The van der Waals surface area contributed by atoms with Crippen LogP contribution in [0.4, 0.5) is 0 Å². The van der Waals surface area contributed by atoms with Gasteiger partial charge in [-0.2, -0.15) is 0 Å². The number of ether oxygens (including phenoxy) is 1. The van der Waals surface area contributed by atoms with Crippen molar-refractivity contribution in [3.05, 3.63) is 35.4 Å². The molecule has 0 amide bonds. The van der Waals surface area contributed by atoms with Crippen molar-refractivity contribution in [1.82, 2.24) is 15.1 Å². The van der Waals surface area contributed by atoms with Crippen molar-refractivity contribution in [2.75, 3.05) is 39.4 Å². The molecule has 1 aliphatic carbocycles. The summed E-state index contributed by atoms with van der Waals surface area (Å²) in [4.78, 5) is 4.92. The molecule has 1 aliphatic heterocycles. The van der Waals surface area contributed by atoms with E-state index >= 15 is 0 Å². The van der Waals surface area contributed by atoms with E-state index in [0.717, 1.165) is 57.5 Å². The van der Waals surface area contributed by atoms with E-state index in [-0.39, 0.29) is 5.41 Å². The highest BCUT2D eigenvalue weighted by molar-refractivity contribution is 7.80. The van der Waals surface area contributed by atoms with Crippen LogP contribution in [0.25, 0.3) is 0 Å². The predicted molar refractivity (Wildman–Crippen MR) is 139 cm³/mol. The second-order valence-corrected chi connectivity index (χ2v) is 11.1. The maximum atomic E-state index is 5.97. The van der Waals surface area contributed by atoms with Gasteiger partial charge in [0.05, 0.1) is 13.2 Å². The van der Waals surface area contributed by atoms with Gasteiger partial charge in [-0.3, -0.25) is 4.90 Å². The molecule has 5 heteroatoms. The summed E-state index contributed by atoms with van der Waals surface area (Å²) in [6.07, 6.45) is 10.4. The van der Waals surface area contributed by atoms with Crippen LogP contribution in [0, 0.1) is 0 Å². The largest absolute Gasteiger partial charge is 0.379 e.